The number of carboxylic acids is 1. The van der Waals surface area contributed by atoms with Crippen molar-refractivity contribution < 1.29 is 34.2 Å². The van der Waals surface area contributed by atoms with E-state index in [1.165, 1.54) is 24.3 Å². The highest BCUT2D eigenvalue weighted by molar-refractivity contribution is 7.80. The lowest BCUT2D eigenvalue weighted by Crippen LogP contribution is -2.58. The summed E-state index contributed by atoms with van der Waals surface area (Å²) in [6, 6.07) is 0.948. The van der Waals surface area contributed by atoms with Crippen molar-refractivity contribution in [1.29, 1.82) is 0 Å². The highest BCUT2D eigenvalue weighted by atomic mass is 32.1. The topological polar surface area (TPSA) is 240 Å². The molecule has 0 bridgehead atoms. The van der Waals surface area contributed by atoms with Crippen molar-refractivity contribution >= 4 is 42.2 Å². The van der Waals surface area contributed by atoms with Gasteiger partial charge in [0.2, 0.25) is 23.6 Å². The molecule has 1 aromatic rings. The molecule has 0 aromatic heterocycles. The van der Waals surface area contributed by atoms with E-state index in [2.05, 4.69) is 28.6 Å². The molecule has 36 heavy (non-hydrogen) atoms. The first-order chi connectivity index (χ1) is 17.0. The Morgan fingerprint density at radius 2 is 1.44 bits per heavy atom. The molecule has 0 aliphatic heterocycles. The van der Waals surface area contributed by atoms with E-state index >= 15 is 0 Å². The summed E-state index contributed by atoms with van der Waals surface area (Å²) in [4.78, 5) is 60.7. The third-order valence-electron chi connectivity index (χ3n) is 5.14. The van der Waals surface area contributed by atoms with Crippen LogP contribution in [0.25, 0.3) is 0 Å². The monoisotopic (exact) mass is 526 g/mol. The minimum atomic E-state index is -1.31. The highest BCUT2D eigenvalue weighted by Gasteiger charge is 2.30. The van der Waals surface area contributed by atoms with Crippen LogP contribution in [-0.4, -0.2) is 76.3 Å². The van der Waals surface area contributed by atoms with Gasteiger partial charge in [-0.1, -0.05) is 12.1 Å². The number of rotatable bonds is 16. The van der Waals surface area contributed by atoms with Gasteiger partial charge in [-0.05, 0) is 43.5 Å². The van der Waals surface area contributed by atoms with Crippen LogP contribution < -0.4 is 33.2 Å². The molecule has 200 valence electrons. The van der Waals surface area contributed by atoms with Gasteiger partial charge >= 0.3 is 5.97 Å². The average Bonchev–Trinajstić information content (AvgIpc) is 2.81. The molecule has 0 spiro atoms. The number of carbonyl (C=O) groups excluding carboxylic acids is 4. The molecule has 4 atom stereocenters. The van der Waals surface area contributed by atoms with E-state index in [1.54, 1.807) is 0 Å². The lowest BCUT2D eigenvalue weighted by atomic mass is 10.0. The number of nitrogens with one attached hydrogen (secondary N) is 3. The number of carbonyl (C=O) groups is 5. The van der Waals surface area contributed by atoms with Crippen molar-refractivity contribution in [3.63, 3.8) is 0 Å². The van der Waals surface area contributed by atoms with E-state index in [1.807, 2.05) is 0 Å². The molecule has 1 rings (SSSR count). The second kappa shape index (κ2) is 15.6. The van der Waals surface area contributed by atoms with E-state index < -0.39 is 60.2 Å². The molecule has 13 nitrogen and oxygen atoms in total. The van der Waals surface area contributed by atoms with Gasteiger partial charge in [0.1, 0.15) is 23.9 Å². The fourth-order valence-electron chi connectivity index (χ4n) is 3.16. The number of primary amides is 1. The van der Waals surface area contributed by atoms with Crippen molar-refractivity contribution in [2.45, 2.75) is 56.3 Å². The Bertz CT molecular complexity index is 915. The first kappa shape index (κ1) is 30.7. The first-order valence-corrected chi connectivity index (χ1v) is 11.9. The second-order valence-electron chi connectivity index (χ2n) is 8.14. The predicted molar refractivity (Wildman–Crippen MR) is 134 cm³/mol. The lowest BCUT2D eigenvalue weighted by Gasteiger charge is -2.24. The van der Waals surface area contributed by atoms with Gasteiger partial charge in [0.25, 0.3) is 0 Å². The van der Waals surface area contributed by atoms with Crippen LogP contribution >= 0.6 is 12.6 Å². The third-order valence-corrected chi connectivity index (χ3v) is 5.51. The summed E-state index contributed by atoms with van der Waals surface area (Å²) in [5.41, 5.74) is 16.7. The Morgan fingerprint density at radius 1 is 0.889 bits per heavy atom. The normalized spacial score (nSPS) is 14.1. The quantitative estimate of drug-likeness (QED) is 0.0832. The average molecular weight is 527 g/mol. The van der Waals surface area contributed by atoms with Crippen LogP contribution in [0.3, 0.4) is 0 Å². The van der Waals surface area contributed by atoms with Crippen LogP contribution in [0.4, 0.5) is 0 Å². The molecule has 0 fully saturated rings. The van der Waals surface area contributed by atoms with Gasteiger partial charge in [0, 0.05) is 12.2 Å². The number of carboxylic acid groups (broad SMARTS) is 1. The summed E-state index contributed by atoms with van der Waals surface area (Å²) in [6.07, 6.45) is 0.746. The Kier molecular flexibility index (Phi) is 13.3. The molecular formula is C22H34N6O7S. The van der Waals surface area contributed by atoms with Gasteiger partial charge < -0.3 is 43.4 Å². The summed E-state index contributed by atoms with van der Waals surface area (Å²) in [5.74, 6) is -4.50. The van der Waals surface area contributed by atoms with Crippen molar-refractivity contribution in [3.8, 4) is 5.75 Å². The van der Waals surface area contributed by atoms with Gasteiger partial charge in [-0.15, -0.1) is 0 Å². The van der Waals surface area contributed by atoms with Gasteiger partial charge in [0.05, 0.1) is 12.5 Å². The Morgan fingerprint density at radius 3 is 1.97 bits per heavy atom. The minimum absolute atomic E-state index is 0.0104. The smallest absolute Gasteiger partial charge is 0.326 e. The van der Waals surface area contributed by atoms with Gasteiger partial charge in [-0.2, -0.15) is 12.6 Å². The largest absolute Gasteiger partial charge is 0.508 e. The van der Waals surface area contributed by atoms with Gasteiger partial charge in [-0.25, -0.2) is 4.79 Å². The molecule has 0 heterocycles. The number of amides is 4. The summed E-state index contributed by atoms with van der Waals surface area (Å²) >= 11 is 4.08. The SMILES string of the molecule is NCCCCC(NC(=O)C(N)CC(N)=O)C(=O)NC(CS)C(=O)NC(Cc1ccc(O)cc1)C(=O)O. The number of aliphatic carboxylic acids is 1. The lowest BCUT2D eigenvalue weighted by molar-refractivity contribution is -0.142. The van der Waals surface area contributed by atoms with Crippen molar-refractivity contribution in [2.75, 3.05) is 12.3 Å². The minimum Gasteiger partial charge on any atom is -0.508 e. The summed E-state index contributed by atoms with van der Waals surface area (Å²) < 4.78 is 0. The molecule has 0 aliphatic rings. The maximum absolute atomic E-state index is 12.9. The molecule has 4 unspecified atom stereocenters. The third kappa shape index (κ3) is 10.9. The zero-order valence-electron chi connectivity index (χ0n) is 19.7. The van der Waals surface area contributed by atoms with Crippen LogP contribution in [0, 0.1) is 0 Å². The van der Waals surface area contributed by atoms with Crippen molar-refractivity contribution in [1.82, 2.24) is 16.0 Å². The molecule has 4 amide bonds. The molecule has 1 aromatic carbocycles. The Balaban J connectivity index is 2.88. The zero-order valence-corrected chi connectivity index (χ0v) is 20.6. The van der Waals surface area contributed by atoms with E-state index in [4.69, 9.17) is 17.2 Å². The van der Waals surface area contributed by atoms with Gasteiger partial charge in [-0.3, -0.25) is 19.2 Å². The molecule has 14 heteroatoms. The number of phenolic OH excluding ortho intramolecular Hbond substituents is 1. The Labute approximate surface area is 213 Å². The van der Waals surface area contributed by atoms with Crippen LogP contribution in [0.5, 0.6) is 5.75 Å². The van der Waals surface area contributed by atoms with E-state index in [9.17, 15) is 34.2 Å². The number of thiol groups is 1. The number of benzene rings is 1. The van der Waals surface area contributed by atoms with Crippen LogP contribution in [0.15, 0.2) is 24.3 Å². The first-order valence-electron chi connectivity index (χ1n) is 11.2. The highest BCUT2D eigenvalue weighted by Crippen LogP contribution is 2.12. The molecular weight excluding hydrogens is 492 g/mol. The fourth-order valence-corrected chi connectivity index (χ4v) is 3.41. The predicted octanol–water partition coefficient (Wildman–Crippen LogP) is -2.26. The second-order valence-corrected chi connectivity index (χ2v) is 8.50. The molecule has 0 radical (unpaired) electrons. The van der Waals surface area contributed by atoms with E-state index in [0.29, 0.717) is 24.9 Å². The summed E-state index contributed by atoms with van der Waals surface area (Å²) in [5, 5.41) is 26.2. The maximum atomic E-state index is 12.9. The maximum Gasteiger partial charge on any atom is 0.326 e. The number of hydrogen-bond donors (Lipinski definition) is 9. The number of phenols is 1. The number of unbranched alkanes of at least 4 members (excludes halogenated alkanes) is 1. The number of hydrogen-bond acceptors (Lipinski definition) is 9. The van der Waals surface area contributed by atoms with E-state index in [-0.39, 0.29) is 24.3 Å². The Hall–Kier alpha value is -3.36. The van der Waals surface area contributed by atoms with Crippen molar-refractivity contribution in [2.24, 2.45) is 17.2 Å². The molecule has 0 saturated heterocycles. The number of aromatic hydroxyl groups is 1. The van der Waals surface area contributed by atoms with Crippen molar-refractivity contribution in [3.05, 3.63) is 29.8 Å². The number of nitrogens with two attached hydrogens (primary N) is 3. The molecule has 11 N–H and O–H groups in total. The van der Waals surface area contributed by atoms with E-state index in [0.717, 1.165) is 0 Å². The van der Waals surface area contributed by atoms with Crippen LogP contribution in [0.2, 0.25) is 0 Å². The summed E-state index contributed by atoms with van der Waals surface area (Å²) in [6.45, 7) is 0.364. The standard InChI is InChI=1S/C22H34N6O7S/c23-8-2-1-3-15(26-19(31)14(24)10-18(25)30)20(32)28-17(11-36)21(33)27-16(22(34)35)9-12-4-6-13(29)7-5-12/h4-7,14-17,29,36H,1-3,8-11,23-24H2,(H2,25,30)(H,26,31)(H,27,33)(H,28,32)(H,34,35). The zero-order chi connectivity index (χ0) is 27.3. The molecule has 0 aliphatic carbocycles. The molecule has 0 saturated carbocycles. The van der Waals surface area contributed by atoms with Gasteiger partial charge in [0.15, 0.2) is 0 Å². The summed E-state index contributed by atoms with van der Waals surface area (Å²) in [7, 11) is 0. The van der Waals surface area contributed by atoms with Crippen LogP contribution in [0.1, 0.15) is 31.2 Å². The fraction of sp³-hybridized carbons (Fsp3) is 0.500. The van der Waals surface area contributed by atoms with Crippen LogP contribution in [-0.2, 0) is 30.4 Å².